The summed E-state index contributed by atoms with van der Waals surface area (Å²) in [5.41, 5.74) is 2.86. The number of rotatable bonds is 4. The second-order valence-electron chi connectivity index (χ2n) is 8.61. The van der Waals surface area contributed by atoms with E-state index in [-0.39, 0.29) is 10.9 Å². The topological polar surface area (TPSA) is 61.0 Å². The number of hydrogen-bond donors (Lipinski definition) is 1. The first-order chi connectivity index (χ1) is 17.3. The fraction of sp³-hybridized carbons (Fsp3) is 0.143. The summed E-state index contributed by atoms with van der Waals surface area (Å²) in [7, 11) is 3.05. The van der Waals surface area contributed by atoms with Crippen LogP contribution in [-0.4, -0.2) is 13.7 Å². The quantitative estimate of drug-likeness (QED) is 0.421. The smallest absolute Gasteiger partial charge is 0.331 e. The maximum absolute atomic E-state index is 15.3. The summed E-state index contributed by atoms with van der Waals surface area (Å²) in [6.07, 6.45) is 5.41. The molecule has 8 heteroatoms. The first kappa shape index (κ1) is 23.6. The predicted octanol–water partition coefficient (Wildman–Crippen LogP) is 5.12. The Kier molecular flexibility index (Phi) is 5.80. The molecule has 5 rings (SSSR count). The van der Waals surface area contributed by atoms with Crippen LogP contribution in [0.2, 0.25) is 5.02 Å². The number of aromatic nitrogens is 3. The van der Waals surface area contributed by atoms with Crippen molar-refractivity contribution in [1.82, 2.24) is 19.0 Å². The van der Waals surface area contributed by atoms with Gasteiger partial charge in [0.25, 0.3) is 5.56 Å². The molecule has 0 saturated heterocycles. The summed E-state index contributed by atoms with van der Waals surface area (Å²) >= 11 is 6.35. The lowest BCUT2D eigenvalue weighted by atomic mass is 9.99. The van der Waals surface area contributed by atoms with Crippen LogP contribution in [0.4, 0.5) is 4.39 Å². The molecule has 2 aromatic carbocycles. The summed E-state index contributed by atoms with van der Waals surface area (Å²) in [6.45, 7) is 5.86. The standard InChI is InChI=1S/C28H24ClFN4O2/c1-5-10-21-20(6-2)31-23(16-11-9-12-17(29)15-16)26-25-22(27(35)33(4)28(36)32(25)3)24(34(21)26)18-13-7-8-14-19(18)30/h5-15,23,31H,2H2,1,3-4H3/b10-5-. The summed E-state index contributed by atoms with van der Waals surface area (Å²) in [5, 5.41) is 4.29. The van der Waals surface area contributed by atoms with Crippen LogP contribution in [0.25, 0.3) is 27.9 Å². The van der Waals surface area contributed by atoms with Crippen LogP contribution in [0.15, 0.2) is 88.6 Å². The van der Waals surface area contributed by atoms with E-state index in [4.69, 9.17) is 11.6 Å². The summed E-state index contributed by atoms with van der Waals surface area (Å²) < 4.78 is 19.7. The number of allylic oxidation sites excluding steroid dienone is 4. The number of aryl methyl sites for hydroxylation is 1. The largest absolute Gasteiger partial charge is 0.371 e. The number of fused-ring (bicyclic) bond motifs is 3. The molecule has 36 heavy (non-hydrogen) atoms. The van der Waals surface area contributed by atoms with Crippen LogP contribution in [-0.2, 0) is 14.1 Å². The Morgan fingerprint density at radius 1 is 1.08 bits per heavy atom. The van der Waals surface area contributed by atoms with E-state index in [1.54, 1.807) is 37.4 Å². The van der Waals surface area contributed by atoms with E-state index in [0.717, 1.165) is 10.1 Å². The minimum atomic E-state index is -0.508. The second kappa shape index (κ2) is 8.84. The molecule has 6 nitrogen and oxygen atoms in total. The molecule has 0 saturated carbocycles. The van der Waals surface area contributed by atoms with E-state index in [0.29, 0.717) is 33.3 Å². The van der Waals surface area contributed by atoms with Gasteiger partial charge >= 0.3 is 5.69 Å². The van der Waals surface area contributed by atoms with E-state index in [1.807, 2.05) is 41.8 Å². The van der Waals surface area contributed by atoms with E-state index in [9.17, 15) is 9.59 Å². The Hall–Kier alpha value is -4.10. The zero-order valence-corrected chi connectivity index (χ0v) is 20.8. The van der Waals surface area contributed by atoms with Crippen molar-refractivity contribution in [2.75, 3.05) is 0 Å². The van der Waals surface area contributed by atoms with Gasteiger partial charge in [-0.15, -0.1) is 0 Å². The van der Waals surface area contributed by atoms with Crippen LogP contribution < -0.4 is 16.6 Å². The van der Waals surface area contributed by atoms with Gasteiger partial charge in [0.15, 0.2) is 0 Å². The number of benzene rings is 2. The maximum atomic E-state index is 15.3. The normalized spacial score (nSPS) is 15.4. The van der Waals surface area contributed by atoms with Crippen molar-refractivity contribution in [3.8, 4) is 11.3 Å². The third-order valence-electron chi connectivity index (χ3n) is 6.54. The number of nitrogens with zero attached hydrogens (tertiary/aromatic N) is 3. The Labute approximate surface area is 211 Å². The van der Waals surface area contributed by atoms with Crippen LogP contribution in [0, 0.1) is 5.82 Å². The highest BCUT2D eigenvalue weighted by molar-refractivity contribution is 6.30. The fourth-order valence-electron chi connectivity index (χ4n) is 4.95. The molecule has 4 aromatic rings. The summed E-state index contributed by atoms with van der Waals surface area (Å²) in [5.74, 6) is -0.478. The van der Waals surface area contributed by atoms with Gasteiger partial charge in [-0.1, -0.05) is 48.5 Å². The van der Waals surface area contributed by atoms with Crippen molar-refractivity contribution in [2.24, 2.45) is 14.1 Å². The lowest BCUT2D eigenvalue weighted by Gasteiger charge is -2.31. The maximum Gasteiger partial charge on any atom is 0.331 e. The summed E-state index contributed by atoms with van der Waals surface area (Å²) in [6, 6.07) is 13.2. The van der Waals surface area contributed by atoms with Crippen LogP contribution in [0.3, 0.4) is 0 Å². The Balaban J connectivity index is 2.10. The Bertz CT molecular complexity index is 1740. The minimum absolute atomic E-state index is 0.251. The first-order valence-corrected chi connectivity index (χ1v) is 11.8. The number of hydrogen-bond acceptors (Lipinski definition) is 3. The zero-order valence-electron chi connectivity index (χ0n) is 20.0. The molecule has 1 unspecified atom stereocenters. The first-order valence-electron chi connectivity index (χ1n) is 11.4. The third kappa shape index (κ3) is 3.38. The van der Waals surface area contributed by atoms with Crippen molar-refractivity contribution < 1.29 is 4.39 Å². The molecule has 0 bridgehead atoms. The Morgan fingerprint density at radius 3 is 2.50 bits per heavy atom. The van der Waals surface area contributed by atoms with Gasteiger partial charge in [-0.05, 0) is 48.9 Å². The molecule has 2 aromatic heterocycles. The van der Waals surface area contributed by atoms with Crippen molar-refractivity contribution in [3.05, 3.63) is 122 Å². The molecule has 1 N–H and O–H groups in total. The molecule has 1 aliphatic rings. The number of nitrogens with one attached hydrogen (secondary N) is 1. The van der Waals surface area contributed by atoms with E-state index < -0.39 is 23.1 Å². The monoisotopic (exact) mass is 502 g/mol. The molecule has 0 fully saturated rings. The van der Waals surface area contributed by atoms with Gasteiger partial charge in [0, 0.05) is 24.7 Å². The highest BCUT2D eigenvalue weighted by Crippen LogP contribution is 2.43. The molecule has 182 valence electrons. The molecule has 0 amide bonds. The molecule has 0 radical (unpaired) electrons. The average Bonchev–Trinajstić information content (AvgIpc) is 3.23. The van der Waals surface area contributed by atoms with Gasteiger partial charge < -0.3 is 9.88 Å². The fourth-order valence-corrected chi connectivity index (χ4v) is 5.15. The van der Waals surface area contributed by atoms with Gasteiger partial charge in [0.1, 0.15) is 5.82 Å². The lowest BCUT2D eigenvalue weighted by molar-refractivity contribution is 0.626. The van der Waals surface area contributed by atoms with Crippen molar-refractivity contribution in [3.63, 3.8) is 0 Å². The predicted molar refractivity (Wildman–Crippen MR) is 142 cm³/mol. The Morgan fingerprint density at radius 2 is 1.83 bits per heavy atom. The van der Waals surface area contributed by atoms with E-state index >= 15 is 4.39 Å². The SMILES string of the molecule is C=CC1=C(/C=C\C)n2c(-c3ccccc3F)c3c(=O)n(C)c(=O)n(C)c3c2C(c2cccc(Cl)c2)N1. The van der Waals surface area contributed by atoms with E-state index in [1.165, 1.54) is 17.7 Å². The van der Waals surface area contributed by atoms with Crippen LogP contribution in [0.1, 0.15) is 24.2 Å². The lowest BCUT2D eigenvalue weighted by Crippen LogP contribution is -2.37. The van der Waals surface area contributed by atoms with Crippen molar-refractivity contribution >= 4 is 28.2 Å². The highest BCUT2D eigenvalue weighted by Gasteiger charge is 2.35. The molecule has 0 aliphatic carbocycles. The average molecular weight is 503 g/mol. The van der Waals surface area contributed by atoms with E-state index in [2.05, 4.69) is 11.9 Å². The minimum Gasteiger partial charge on any atom is -0.371 e. The van der Waals surface area contributed by atoms with Gasteiger partial charge in [-0.3, -0.25) is 13.9 Å². The molecule has 3 heterocycles. The van der Waals surface area contributed by atoms with Gasteiger partial charge in [-0.25, -0.2) is 9.18 Å². The van der Waals surface area contributed by atoms with Crippen molar-refractivity contribution in [1.29, 1.82) is 0 Å². The molecule has 1 atom stereocenters. The third-order valence-corrected chi connectivity index (χ3v) is 6.77. The highest BCUT2D eigenvalue weighted by atomic mass is 35.5. The molecular weight excluding hydrogens is 479 g/mol. The second-order valence-corrected chi connectivity index (χ2v) is 9.05. The van der Waals surface area contributed by atoms with Gasteiger partial charge in [-0.2, -0.15) is 0 Å². The number of halogens is 2. The molecular formula is C28H24ClFN4O2. The molecule has 0 spiro atoms. The van der Waals surface area contributed by atoms with Gasteiger partial charge in [0.2, 0.25) is 0 Å². The van der Waals surface area contributed by atoms with Crippen LogP contribution in [0.5, 0.6) is 0 Å². The van der Waals surface area contributed by atoms with Gasteiger partial charge in [0.05, 0.1) is 39.7 Å². The molecule has 1 aliphatic heterocycles. The van der Waals surface area contributed by atoms with Crippen LogP contribution >= 0.6 is 11.6 Å². The van der Waals surface area contributed by atoms with Crippen molar-refractivity contribution in [2.45, 2.75) is 13.0 Å². The summed E-state index contributed by atoms with van der Waals surface area (Å²) in [4.78, 5) is 26.7. The zero-order chi connectivity index (χ0) is 25.7.